The maximum Gasteiger partial charge on any atom is 0.222 e. The molecule has 0 aliphatic rings. The summed E-state index contributed by atoms with van der Waals surface area (Å²) >= 11 is 0. The molecule has 2 aromatic carbocycles. The van der Waals surface area contributed by atoms with Crippen molar-refractivity contribution >= 4 is 18.3 Å². The Morgan fingerprint density at radius 1 is 1.04 bits per heavy atom. The fourth-order valence-corrected chi connectivity index (χ4v) is 2.70. The number of nitrogens with one attached hydrogen (secondary N) is 1. The lowest BCUT2D eigenvalue weighted by molar-refractivity contribution is -0.122. The molecule has 3 N–H and O–H groups in total. The first kappa shape index (κ1) is 21.0. The predicted molar refractivity (Wildman–Crippen MR) is 104 cm³/mol. The van der Waals surface area contributed by atoms with Crippen molar-refractivity contribution in [3.63, 3.8) is 0 Å². The Kier molecular flexibility index (Phi) is 8.46. The zero-order valence-electron chi connectivity index (χ0n) is 14.9. The molecule has 0 saturated heterocycles. The topological polar surface area (TPSA) is 64.3 Å². The van der Waals surface area contributed by atoms with Crippen LogP contribution in [-0.4, -0.2) is 13.0 Å². The molecule has 0 aliphatic carbocycles. The van der Waals surface area contributed by atoms with Gasteiger partial charge in [-0.25, -0.2) is 0 Å². The third-order valence-corrected chi connectivity index (χ3v) is 4.09. The van der Waals surface area contributed by atoms with Crippen LogP contribution in [0.15, 0.2) is 54.6 Å². The number of carbonyl (C=O) groups excluding carboxylic acids is 1. The van der Waals surface area contributed by atoms with Gasteiger partial charge in [0.05, 0.1) is 13.2 Å². The first-order valence-corrected chi connectivity index (χ1v) is 8.25. The molecule has 0 saturated carbocycles. The average molecular weight is 363 g/mol. The highest BCUT2D eigenvalue weighted by Crippen LogP contribution is 2.24. The van der Waals surface area contributed by atoms with Crippen molar-refractivity contribution in [1.29, 1.82) is 0 Å². The van der Waals surface area contributed by atoms with Crippen molar-refractivity contribution in [2.45, 2.75) is 32.4 Å². The largest absolute Gasteiger partial charge is 0.497 e. The number of ether oxygens (including phenoxy) is 1. The summed E-state index contributed by atoms with van der Waals surface area (Å²) in [5.41, 5.74) is 8.18. The maximum atomic E-state index is 12.4. The Morgan fingerprint density at radius 3 is 2.16 bits per heavy atom. The van der Waals surface area contributed by atoms with Crippen molar-refractivity contribution < 1.29 is 9.53 Å². The van der Waals surface area contributed by atoms with Crippen LogP contribution in [0.25, 0.3) is 0 Å². The second-order valence-corrected chi connectivity index (χ2v) is 6.28. The van der Waals surface area contributed by atoms with E-state index >= 15 is 0 Å². The van der Waals surface area contributed by atoms with E-state index in [1.807, 2.05) is 54.6 Å². The maximum absolute atomic E-state index is 12.4. The molecule has 2 rings (SSSR count). The number of amides is 1. The summed E-state index contributed by atoms with van der Waals surface area (Å²) in [5, 5.41) is 3.11. The summed E-state index contributed by atoms with van der Waals surface area (Å²) in [5.74, 6) is 1.04. The minimum absolute atomic E-state index is 0. The summed E-state index contributed by atoms with van der Waals surface area (Å²) in [4.78, 5) is 12.4. The van der Waals surface area contributed by atoms with Crippen LogP contribution in [0.1, 0.15) is 43.5 Å². The average Bonchev–Trinajstić information content (AvgIpc) is 2.60. The van der Waals surface area contributed by atoms with Gasteiger partial charge in [0.1, 0.15) is 5.75 Å². The number of hydrogen-bond acceptors (Lipinski definition) is 3. The first-order valence-electron chi connectivity index (χ1n) is 8.25. The van der Waals surface area contributed by atoms with E-state index in [0.717, 1.165) is 16.9 Å². The third kappa shape index (κ3) is 6.07. The zero-order chi connectivity index (χ0) is 17.5. The van der Waals surface area contributed by atoms with Crippen LogP contribution in [0.5, 0.6) is 5.75 Å². The molecule has 136 valence electrons. The van der Waals surface area contributed by atoms with Gasteiger partial charge in [-0.05, 0) is 29.2 Å². The first-order chi connectivity index (χ1) is 11.5. The normalized spacial score (nSPS) is 12.8. The molecule has 4 nitrogen and oxygen atoms in total. The molecule has 0 radical (unpaired) electrons. The van der Waals surface area contributed by atoms with Crippen LogP contribution in [0, 0.1) is 5.92 Å². The van der Waals surface area contributed by atoms with Crippen LogP contribution >= 0.6 is 12.4 Å². The van der Waals surface area contributed by atoms with Crippen molar-refractivity contribution in [2.24, 2.45) is 11.7 Å². The Balaban J connectivity index is 0.00000312. The molecule has 0 aromatic heterocycles. The van der Waals surface area contributed by atoms with E-state index in [1.165, 1.54) is 0 Å². The quantitative estimate of drug-likeness (QED) is 0.781. The van der Waals surface area contributed by atoms with Crippen LogP contribution in [0.4, 0.5) is 0 Å². The monoisotopic (exact) mass is 362 g/mol. The molecule has 2 aromatic rings. The predicted octanol–water partition coefficient (Wildman–Crippen LogP) is 4.02. The number of halogens is 1. The molecule has 0 heterocycles. The molecule has 5 heteroatoms. The zero-order valence-corrected chi connectivity index (χ0v) is 15.8. The molecule has 25 heavy (non-hydrogen) atoms. The molecule has 2 unspecified atom stereocenters. The van der Waals surface area contributed by atoms with Crippen LogP contribution in [0.2, 0.25) is 0 Å². The minimum atomic E-state index is -0.296. The smallest absolute Gasteiger partial charge is 0.222 e. The molecular weight excluding hydrogens is 336 g/mol. The van der Waals surface area contributed by atoms with Crippen LogP contribution in [-0.2, 0) is 4.79 Å². The van der Waals surface area contributed by atoms with Crippen molar-refractivity contribution in [2.75, 3.05) is 7.11 Å². The van der Waals surface area contributed by atoms with Gasteiger partial charge in [-0.15, -0.1) is 12.4 Å². The Labute approximate surface area is 156 Å². The van der Waals surface area contributed by atoms with Crippen molar-refractivity contribution in [3.05, 3.63) is 65.7 Å². The highest BCUT2D eigenvalue weighted by atomic mass is 35.5. The molecule has 0 aliphatic heterocycles. The van der Waals surface area contributed by atoms with Gasteiger partial charge in [-0.2, -0.15) is 0 Å². The highest BCUT2D eigenvalue weighted by molar-refractivity contribution is 5.85. The second-order valence-electron chi connectivity index (χ2n) is 6.28. The molecule has 1 amide bonds. The van der Waals surface area contributed by atoms with E-state index in [0.29, 0.717) is 0 Å². The second kappa shape index (κ2) is 10.1. The number of methoxy groups -OCH3 is 1. The van der Waals surface area contributed by atoms with E-state index in [4.69, 9.17) is 10.5 Å². The lowest BCUT2D eigenvalue weighted by Gasteiger charge is -2.24. The third-order valence-electron chi connectivity index (χ3n) is 4.09. The van der Waals surface area contributed by atoms with E-state index in [-0.39, 0.29) is 42.7 Å². The number of rotatable bonds is 7. The molecule has 0 fully saturated rings. The number of carbonyl (C=O) groups is 1. The number of hydrogen-bond donors (Lipinski definition) is 2. The van der Waals surface area contributed by atoms with Gasteiger partial charge in [0.25, 0.3) is 0 Å². The van der Waals surface area contributed by atoms with Gasteiger partial charge in [0.15, 0.2) is 0 Å². The van der Waals surface area contributed by atoms with E-state index < -0.39 is 0 Å². The summed E-state index contributed by atoms with van der Waals surface area (Å²) in [6, 6.07) is 17.1. The Morgan fingerprint density at radius 2 is 1.64 bits per heavy atom. The van der Waals surface area contributed by atoms with Gasteiger partial charge < -0.3 is 15.8 Å². The lowest BCUT2D eigenvalue weighted by Crippen LogP contribution is -2.33. The van der Waals surface area contributed by atoms with Crippen LogP contribution < -0.4 is 15.8 Å². The fraction of sp³-hybridized carbons (Fsp3) is 0.350. The Bertz CT molecular complexity index is 645. The SMILES string of the molecule is COc1ccc(C(NC(=O)CC(N)c2ccccc2)C(C)C)cc1.Cl. The highest BCUT2D eigenvalue weighted by Gasteiger charge is 2.20. The van der Waals surface area contributed by atoms with E-state index in [9.17, 15) is 4.79 Å². The minimum Gasteiger partial charge on any atom is -0.497 e. The van der Waals surface area contributed by atoms with Gasteiger partial charge in [-0.1, -0.05) is 56.3 Å². The molecule has 0 spiro atoms. The summed E-state index contributed by atoms with van der Waals surface area (Å²) in [7, 11) is 1.64. The van der Waals surface area contributed by atoms with Gasteiger partial charge >= 0.3 is 0 Å². The fourth-order valence-electron chi connectivity index (χ4n) is 2.70. The number of benzene rings is 2. The van der Waals surface area contributed by atoms with Gasteiger partial charge in [-0.3, -0.25) is 4.79 Å². The van der Waals surface area contributed by atoms with Crippen molar-refractivity contribution in [1.82, 2.24) is 5.32 Å². The molecular formula is C20H27ClN2O2. The lowest BCUT2D eigenvalue weighted by atomic mass is 9.95. The van der Waals surface area contributed by atoms with E-state index in [2.05, 4.69) is 19.2 Å². The molecule has 0 bridgehead atoms. The van der Waals surface area contributed by atoms with E-state index in [1.54, 1.807) is 7.11 Å². The Hall–Kier alpha value is -2.04. The summed E-state index contributed by atoms with van der Waals surface area (Å²) in [6.45, 7) is 4.18. The summed E-state index contributed by atoms with van der Waals surface area (Å²) in [6.07, 6.45) is 0.267. The standard InChI is InChI=1S/C20H26N2O2.ClH/c1-14(2)20(16-9-11-17(24-3)12-10-16)22-19(23)13-18(21)15-7-5-4-6-8-15;/h4-12,14,18,20H,13,21H2,1-3H3,(H,22,23);1H. The number of nitrogens with two attached hydrogens (primary N) is 1. The van der Waals surface area contributed by atoms with Gasteiger partial charge in [0, 0.05) is 12.5 Å². The summed E-state index contributed by atoms with van der Waals surface area (Å²) < 4.78 is 5.19. The van der Waals surface area contributed by atoms with Crippen LogP contribution in [0.3, 0.4) is 0 Å². The van der Waals surface area contributed by atoms with Crippen molar-refractivity contribution in [3.8, 4) is 5.75 Å². The molecule has 2 atom stereocenters. The van der Waals surface area contributed by atoms with Gasteiger partial charge in [0.2, 0.25) is 5.91 Å².